The van der Waals surface area contributed by atoms with Gasteiger partial charge in [0.05, 0.1) is 0 Å². The minimum Gasteiger partial charge on any atom is -0.349 e. The van der Waals surface area contributed by atoms with E-state index < -0.39 is 0 Å². The van der Waals surface area contributed by atoms with E-state index in [1.54, 1.807) is 12.3 Å². The van der Waals surface area contributed by atoms with Crippen LogP contribution in [0.3, 0.4) is 0 Å². The van der Waals surface area contributed by atoms with Crippen molar-refractivity contribution in [1.29, 1.82) is 0 Å². The monoisotopic (exact) mass is 341 g/mol. The van der Waals surface area contributed by atoms with Crippen LogP contribution in [0, 0.1) is 0 Å². The molecule has 0 bridgehead atoms. The van der Waals surface area contributed by atoms with E-state index in [1.165, 1.54) is 5.56 Å². The van der Waals surface area contributed by atoms with Gasteiger partial charge in [0.2, 0.25) is 5.95 Å². The zero-order chi connectivity index (χ0) is 18.4. The fourth-order valence-electron chi connectivity index (χ4n) is 2.40. The summed E-state index contributed by atoms with van der Waals surface area (Å²) in [5.74, 6) is 0.216. The normalized spacial score (nSPS) is 11.4. The molecule has 0 saturated heterocycles. The van der Waals surface area contributed by atoms with E-state index in [0.29, 0.717) is 18.2 Å². The smallest absolute Gasteiger partial charge is 0.270 e. The summed E-state index contributed by atoms with van der Waals surface area (Å²) in [6.45, 7) is 7.82. The number of hydrogen-bond acceptors (Lipinski definition) is 5. The molecule has 2 aromatic rings. The van der Waals surface area contributed by atoms with Crippen LogP contribution in [-0.4, -0.2) is 48.0 Å². The molecule has 1 aromatic heterocycles. The molecule has 0 saturated carbocycles. The topological polar surface area (TPSA) is 70.2 Å². The quantitative estimate of drug-likeness (QED) is 0.845. The molecule has 0 aliphatic rings. The molecule has 0 radical (unpaired) electrons. The molecular weight excluding hydrogens is 314 g/mol. The molecule has 0 fully saturated rings. The molecule has 1 heterocycles. The third-order valence-corrected chi connectivity index (χ3v) is 3.71. The maximum absolute atomic E-state index is 12.2. The zero-order valence-corrected chi connectivity index (χ0v) is 15.6. The van der Waals surface area contributed by atoms with Gasteiger partial charge < -0.3 is 15.5 Å². The van der Waals surface area contributed by atoms with Crippen LogP contribution < -0.4 is 10.6 Å². The number of nitrogens with zero attached hydrogens (tertiary/aromatic N) is 3. The van der Waals surface area contributed by atoms with Crippen molar-refractivity contribution >= 4 is 17.5 Å². The Balaban J connectivity index is 2.14. The standard InChI is InChI=1S/C19H27N5O/c1-19(2,3)14-8-6-7-9-15(14)22-18-21-11-10-16(23-18)17(25)20-12-13-24(4)5/h6-11H,12-13H2,1-5H3,(H,20,25)(H,21,22,23). The Hall–Kier alpha value is -2.47. The Kier molecular flexibility index (Phi) is 6.09. The SMILES string of the molecule is CN(C)CCNC(=O)c1ccnc(Nc2ccccc2C(C)(C)C)n1. The predicted octanol–water partition coefficient (Wildman–Crippen LogP) is 2.81. The van der Waals surface area contributed by atoms with Crippen LogP contribution >= 0.6 is 0 Å². The number of carbonyl (C=O) groups is 1. The molecule has 2 rings (SSSR count). The minimum atomic E-state index is -0.198. The molecule has 2 N–H and O–H groups in total. The molecule has 134 valence electrons. The van der Waals surface area contributed by atoms with Crippen molar-refractivity contribution in [3.63, 3.8) is 0 Å². The van der Waals surface area contributed by atoms with Gasteiger partial charge in [-0.25, -0.2) is 9.97 Å². The van der Waals surface area contributed by atoms with Crippen LogP contribution in [0.5, 0.6) is 0 Å². The van der Waals surface area contributed by atoms with Gasteiger partial charge in [0, 0.05) is 25.0 Å². The Labute approximate surface area is 149 Å². The number of aromatic nitrogens is 2. The lowest BCUT2D eigenvalue weighted by Crippen LogP contribution is -2.31. The third kappa shape index (κ3) is 5.53. The van der Waals surface area contributed by atoms with Crippen LogP contribution in [-0.2, 0) is 5.41 Å². The first-order valence-corrected chi connectivity index (χ1v) is 8.40. The summed E-state index contributed by atoms with van der Waals surface area (Å²) >= 11 is 0. The van der Waals surface area contributed by atoms with Crippen molar-refractivity contribution in [2.45, 2.75) is 26.2 Å². The van der Waals surface area contributed by atoms with Crippen molar-refractivity contribution in [1.82, 2.24) is 20.2 Å². The number of benzene rings is 1. The fourth-order valence-corrected chi connectivity index (χ4v) is 2.40. The summed E-state index contributed by atoms with van der Waals surface area (Å²) in [7, 11) is 3.93. The van der Waals surface area contributed by atoms with E-state index >= 15 is 0 Å². The van der Waals surface area contributed by atoms with Crippen molar-refractivity contribution in [2.75, 3.05) is 32.5 Å². The highest BCUT2D eigenvalue weighted by Gasteiger charge is 2.18. The Morgan fingerprint density at radius 3 is 2.56 bits per heavy atom. The van der Waals surface area contributed by atoms with E-state index in [1.807, 2.05) is 37.2 Å². The first-order chi connectivity index (χ1) is 11.8. The van der Waals surface area contributed by atoms with Gasteiger partial charge in [-0.05, 0) is 37.2 Å². The molecule has 0 aliphatic heterocycles. The van der Waals surface area contributed by atoms with Crippen molar-refractivity contribution in [2.24, 2.45) is 0 Å². The van der Waals surface area contributed by atoms with Crippen molar-refractivity contribution in [3.8, 4) is 0 Å². The first-order valence-electron chi connectivity index (χ1n) is 8.40. The fraction of sp³-hybridized carbons (Fsp3) is 0.421. The van der Waals surface area contributed by atoms with E-state index in [0.717, 1.165) is 12.2 Å². The summed E-state index contributed by atoms with van der Waals surface area (Å²) in [6, 6.07) is 9.68. The lowest BCUT2D eigenvalue weighted by Gasteiger charge is -2.23. The maximum Gasteiger partial charge on any atom is 0.270 e. The molecular formula is C19H27N5O. The molecule has 0 atom stereocenters. The third-order valence-electron chi connectivity index (χ3n) is 3.71. The summed E-state index contributed by atoms with van der Waals surface area (Å²) < 4.78 is 0. The molecule has 25 heavy (non-hydrogen) atoms. The summed E-state index contributed by atoms with van der Waals surface area (Å²) in [5, 5.41) is 6.10. The summed E-state index contributed by atoms with van der Waals surface area (Å²) in [6.07, 6.45) is 1.59. The second kappa shape index (κ2) is 8.07. The predicted molar refractivity (Wildman–Crippen MR) is 101 cm³/mol. The molecule has 0 spiro atoms. The Bertz CT molecular complexity index is 722. The number of anilines is 2. The molecule has 6 nitrogen and oxygen atoms in total. The second-order valence-electron chi connectivity index (χ2n) is 7.25. The molecule has 1 aromatic carbocycles. The van der Waals surface area contributed by atoms with Crippen molar-refractivity contribution < 1.29 is 4.79 Å². The number of para-hydroxylation sites is 1. The van der Waals surface area contributed by atoms with Crippen LogP contribution in [0.15, 0.2) is 36.5 Å². The Morgan fingerprint density at radius 1 is 1.16 bits per heavy atom. The molecule has 0 aliphatic carbocycles. The Morgan fingerprint density at radius 2 is 1.88 bits per heavy atom. The minimum absolute atomic E-state index is 0.00917. The molecule has 6 heteroatoms. The van der Waals surface area contributed by atoms with Crippen LogP contribution in [0.2, 0.25) is 0 Å². The lowest BCUT2D eigenvalue weighted by atomic mass is 9.86. The number of nitrogens with one attached hydrogen (secondary N) is 2. The molecule has 1 amide bonds. The van der Waals surface area contributed by atoms with Gasteiger partial charge in [-0.3, -0.25) is 4.79 Å². The van der Waals surface area contributed by atoms with Crippen LogP contribution in [0.4, 0.5) is 11.6 Å². The van der Waals surface area contributed by atoms with Gasteiger partial charge in [-0.2, -0.15) is 0 Å². The van der Waals surface area contributed by atoms with Crippen molar-refractivity contribution in [3.05, 3.63) is 47.8 Å². The van der Waals surface area contributed by atoms with Gasteiger partial charge in [0.25, 0.3) is 5.91 Å². The number of amides is 1. The first kappa shape index (κ1) is 18.9. The lowest BCUT2D eigenvalue weighted by molar-refractivity contribution is 0.0946. The van der Waals surface area contributed by atoms with Gasteiger partial charge in [0.15, 0.2) is 0 Å². The summed E-state index contributed by atoms with van der Waals surface area (Å²) in [5.41, 5.74) is 2.45. The van der Waals surface area contributed by atoms with Gasteiger partial charge >= 0.3 is 0 Å². The number of carbonyl (C=O) groups excluding carboxylic acids is 1. The van der Waals surface area contributed by atoms with Gasteiger partial charge in [-0.15, -0.1) is 0 Å². The van der Waals surface area contributed by atoms with E-state index in [4.69, 9.17) is 0 Å². The van der Waals surface area contributed by atoms with Gasteiger partial charge in [0.1, 0.15) is 5.69 Å². The average Bonchev–Trinajstić information content (AvgIpc) is 2.54. The van der Waals surface area contributed by atoms with Crippen LogP contribution in [0.25, 0.3) is 0 Å². The number of likely N-dealkylation sites (N-methyl/N-ethyl adjacent to an activating group) is 1. The highest BCUT2D eigenvalue weighted by Crippen LogP contribution is 2.30. The van der Waals surface area contributed by atoms with Crippen LogP contribution in [0.1, 0.15) is 36.8 Å². The van der Waals surface area contributed by atoms with E-state index in [2.05, 4.69) is 47.4 Å². The van der Waals surface area contributed by atoms with E-state index in [-0.39, 0.29) is 11.3 Å². The second-order valence-corrected chi connectivity index (χ2v) is 7.25. The van der Waals surface area contributed by atoms with Gasteiger partial charge in [-0.1, -0.05) is 39.0 Å². The summed E-state index contributed by atoms with van der Waals surface area (Å²) in [4.78, 5) is 22.8. The maximum atomic E-state index is 12.2. The highest BCUT2D eigenvalue weighted by atomic mass is 16.1. The number of rotatable bonds is 6. The number of hydrogen-bond donors (Lipinski definition) is 2. The zero-order valence-electron chi connectivity index (χ0n) is 15.6. The highest BCUT2D eigenvalue weighted by molar-refractivity contribution is 5.92. The molecule has 0 unspecified atom stereocenters. The largest absolute Gasteiger partial charge is 0.349 e. The van der Waals surface area contributed by atoms with E-state index in [9.17, 15) is 4.79 Å². The average molecular weight is 341 g/mol.